The van der Waals surface area contributed by atoms with Gasteiger partial charge in [0, 0.05) is 50.6 Å². The van der Waals surface area contributed by atoms with E-state index in [-0.39, 0.29) is 6.71 Å². The second kappa shape index (κ2) is 12.5. The molecule has 0 N–H and O–H groups in total. The van der Waals surface area contributed by atoms with E-state index < -0.39 is 0 Å². The van der Waals surface area contributed by atoms with Crippen LogP contribution in [0.15, 0.2) is 200 Å². The minimum atomic E-state index is -0.0480. The summed E-state index contributed by atoms with van der Waals surface area (Å²) in [6.07, 6.45) is 0. The molecular formula is C52H33BN4. The molecule has 3 heterocycles. The Morgan fingerprint density at radius 2 is 0.825 bits per heavy atom. The van der Waals surface area contributed by atoms with Crippen molar-refractivity contribution in [2.24, 2.45) is 0 Å². The summed E-state index contributed by atoms with van der Waals surface area (Å²) in [5.41, 5.74) is 14.6. The van der Waals surface area contributed by atoms with E-state index in [0.29, 0.717) is 5.82 Å². The van der Waals surface area contributed by atoms with E-state index in [1.54, 1.807) is 0 Å². The molecule has 0 spiro atoms. The topological polar surface area (TPSA) is 32.3 Å². The van der Waals surface area contributed by atoms with Crippen molar-refractivity contribution in [2.45, 2.75) is 0 Å². The summed E-state index contributed by atoms with van der Waals surface area (Å²) in [6.45, 7) is -0.0480. The number of fused-ring (bicyclic) bond motifs is 9. The second-order valence-corrected chi connectivity index (χ2v) is 14.9. The van der Waals surface area contributed by atoms with Crippen molar-refractivity contribution < 1.29 is 0 Å². The molecular weight excluding hydrogens is 691 g/mol. The summed E-state index contributed by atoms with van der Waals surface area (Å²) in [6, 6.07) is 72.2. The lowest BCUT2D eigenvalue weighted by Gasteiger charge is -2.45. The number of nitrogens with zero attached hydrogens (tertiary/aromatic N) is 4. The average Bonchev–Trinajstić information content (AvgIpc) is 3.29. The van der Waals surface area contributed by atoms with Crippen molar-refractivity contribution in [3.05, 3.63) is 200 Å². The van der Waals surface area contributed by atoms with E-state index >= 15 is 0 Å². The molecule has 4 nitrogen and oxygen atoms in total. The molecule has 0 atom stereocenters. The van der Waals surface area contributed by atoms with Crippen molar-refractivity contribution in [2.75, 3.05) is 9.80 Å². The highest BCUT2D eigenvalue weighted by atomic mass is 15.2. The summed E-state index contributed by atoms with van der Waals surface area (Å²) >= 11 is 0. The molecule has 9 aromatic carbocycles. The largest absolute Gasteiger partial charge is 0.311 e. The third-order valence-electron chi connectivity index (χ3n) is 11.8. The molecule has 0 saturated carbocycles. The lowest BCUT2D eigenvalue weighted by molar-refractivity contribution is 1.22. The zero-order chi connectivity index (χ0) is 37.5. The van der Waals surface area contributed by atoms with Crippen LogP contribution < -0.4 is 26.2 Å². The molecule has 0 aliphatic carbocycles. The number of anilines is 6. The minimum absolute atomic E-state index is 0.0480. The highest BCUT2D eigenvalue weighted by Gasteiger charge is 2.45. The van der Waals surface area contributed by atoms with E-state index in [1.807, 2.05) is 6.07 Å². The fraction of sp³-hybridized carbons (Fsp3) is 0. The van der Waals surface area contributed by atoms with Crippen LogP contribution in [0.3, 0.4) is 0 Å². The van der Waals surface area contributed by atoms with Crippen molar-refractivity contribution in [3.8, 4) is 22.6 Å². The normalized spacial score (nSPS) is 12.8. The predicted octanol–water partition coefficient (Wildman–Crippen LogP) is 11.4. The van der Waals surface area contributed by atoms with Gasteiger partial charge in [0.2, 0.25) is 0 Å². The van der Waals surface area contributed by atoms with Gasteiger partial charge < -0.3 is 9.80 Å². The highest BCUT2D eigenvalue weighted by Crippen LogP contribution is 2.47. The summed E-state index contributed by atoms with van der Waals surface area (Å²) in [5.74, 6) is 0.710. The van der Waals surface area contributed by atoms with Gasteiger partial charge in [-0.25, -0.2) is 9.97 Å². The van der Waals surface area contributed by atoms with Crippen LogP contribution in [0.2, 0.25) is 0 Å². The molecule has 1 aromatic heterocycles. The quantitative estimate of drug-likeness (QED) is 0.169. The Kier molecular flexibility index (Phi) is 6.99. The molecule has 57 heavy (non-hydrogen) atoms. The summed E-state index contributed by atoms with van der Waals surface area (Å²) in [7, 11) is 0. The highest BCUT2D eigenvalue weighted by molar-refractivity contribution is 7.02. The van der Waals surface area contributed by atoms with Gasteiger partial charge in [-0.05, 0) is 92.5 Å². The third kappa shape index (κ3) is 4.82. The second-order valence-electron chi connectivity index (χ2n) is 14.9. The van der Waals surface area contributed by atoms with Gasteiger partial charge in [-0.1, -0.05) is 146 Å². The van der Waals surface area contributed by atoms with E-state index in [4.69, 9.17) is 9.97 Å². The van der Waals surface area contributed by atoms with Gasteiger partial charge in [0.15, 0.2) is 5.82 Å². The lowest BCUT2D eigenvalue weighted by Crippen LogP contribution is -2.61. The molecule has 2 aliphatic rings. The molecule has 12 rings (SSSR count). The molecule has 0 saturated heterocycles. The smallest absolute Gasteiger partial charge is 0.253 e. The minimum Gasteiger partial charge on any atom is -0.311 e. The third-order valence-corrected chi connectivity index (χ3v) is 11.8. The zero-order valence-electron chi connectivity index (χ0n) is 30.9. The Morgan fingerprint density at radius 3 is 1.39 bits per heavy atom. The SMILES string of the molecule is c1ccc(-c2nc(-c3cc4c5c(c3)N(c3ccccc3)c3ccc6ccccc6c3B5c3c(ccc5ccccc35)N4c3ccccc3)c3ccccc3n2)cc1. The predicted molar refractivity (Wildman–Crippen MR) is 239 cm³/mol. The number of para-hydroxylation sites is 3. The van der Waals surface area contributed by atoms with Crippen LogP contribution >= 0.6 is 0 Å². The molecule has 0 bridgehead atoms. The first kappa shape index (κ1) is 31.8. The Bertz CT molecular complexity index is 3050. The molecule has 0 unspecified atom stereocenters. The molecule has 5 heteroatoms. The molecule has 264 valence electrons. The van der Waals surface area contributed by atoms with E-state index in [0.717, 1.165) is 50.5 Å². The summed E-state index contributed by atoms with van der Waals surface area (Å²) < 4.78 is 0. The Labute approximate surface area is 331 Å². The zero-order valence-corrected chi connectivity index (χ0v) is 30.9. The summed E-state index contributed by atoms with van der Waals surface area (Å²) in [4.78, 5) is 15.5. The van der Waals surface area contributed by atoms with Gasteiger partial charge in [0.1, 0.15) is 0 Å². The number of rotatable bonds is 4. The van der Waals surface area contributed by atoms with E-state index in [1.165, 1.54) is 49.3 Å². The lowest BCUT2D eigenvalue weighted by atomic mass is 9.32. The Hall–Kier alpha value is -7.50. The maximum Gasteiger partial charge on any atom is 0.253 e. The van der Waals surface area contributed by atoms with Crippen molar-refractivity contribution in [1.82, 2.24) is 9.97 Å². The van der Waals surface area contributed by atoms with Crippen LogP contribution in [0.25, 0.3) is 55.1 Å². The van der Waals surface area contributed by atoms with Crippen LogP contribution in [-0.4, -0.2) is 16.7 Å². The first-order valence-corrected chi connectivity index (χ1v) is 19.5. The average molecular weight is 725 g/mol. The van der Waals surface area contributed by atoms with Crippen LogP contribution in [0.5, 0.6) is 0 Å². The van der Waals surface area contributed by atoms with E-state index in [9.17, 15) is 0 Å². The van der Waals surface area contributed by atoms with Crippen LogP contribution in [0.4, 0.5) is 34.1 Å². The van der Waals surface area contributed by atoms with Gasteiger partial charge in [-0.2, -0.15) is 0 Å². The molecule has 2 aliphatic heterocycles. The van der Waals surface area contributed by atoms with Gasteiger partial charge in [0.25, 0.3) is 6.71 Å². The number of hydrogen-bond donors (Lipinski definition) is 0. The van der Waals surface area contributed by atoms with E-state index in [2.05, 4.69) is 204 Å². The molecule has 0 amide bonds. The monoisotopic (exact) mass is 724 g/mol. The van der Waals surface area contributed by atoms with Gasteiger partial charge in [0.05, 0.1) is 11.2 Å². The standard InChI is InChI=1S/C52H33BN4/c1-4-18-36(19-5-1)52-54-43-27-15-14-26-42(43)51(55-52)37-32-46-50-47(33-37)57(39-22-8-3-9-23-39)45-31-29-35-17-11-13-25-41(35)49(45)53(50)48-40-24-12-10-16-34(40)28-30-44(48)56(46)38-20-6-2-7-21-38/h1-33H. The van der Waals surface area contributed by atoms with Crippen molar-refractivity contribution in [1.29, 1.82) is 0 Å². The molecule has 0 radical (unpaired) electrons. The van der Waals surface area contributed by atoms with Crippen LogP contribution in [-0.2, 0) is 0 Å². The fourth-order valence-corrected chi connectivity index (χ4v) is 9.41. The summed E-state index contributed by atoms with van der Waals surface area (Å²) in [5, 5.41) is 6.02. The molecule has 10 aromatic rings. The Morgan fingerprint density at radius 1 is 0.351 bits per heavy atom. The number of aromatic nitrogens is 2. The van der Waals surface area contributed by atoms with Crippen molar-refractivity contribution in [3.63, 3.8) is 0 Å². The number of hydrogen-bond acceptors (Lipinski definition) is 4. The molecule has 0 fully saturated rings. The van der Waals surface area contributed by atoms with Crippen molar-refractivity contribution >= 4 is 89.7 Å². The maximum absolute atomic E-state index is 5.42. The fourth-order valence-electron chi connectivity index (χ4n) is 9.41. The first-order valence-electron chi connectivity index (χ1n) is 19.5. The number of benzene rings is 9. The van der Waals surface area contributed by atoms with Gasteiger partial charge in [-0.3, -0.25) is 0 Å². The van der Waals surface area contributed by atoms with Crippen LogP contribution in [0, 0.1) is 0 Å². The first-order chi connectivity index (χ1) is 28.3. The van der Waals surface area contributed by atoms with Crippen LogP contribution in [0.1, 0.15) is 0 Å². The Balaban J connectivity index is 1.26. The van der Waals surface area contributed by atoms with Gasteiger partial charge in [-0.15, -0.1) is 0 Å². The maximum atomic E-state index is 5.42. The van der Waals surface area contributed by atoms with Gasteiger partial charge >= 0.3 is 0 Å².